The first-order valence-corrected chi connectivity index (χ1v) is 8.00. The van der Waals surface area contributed by atoms with Crippen LogP contribution in [0.25, 0.3) is 0 Å². The molecular formula is C15H19N3O3S. The quantitative estimate of drug-likeness (QED) is 0.782. The number of thioether (sulfide) groups is 1. The van der Waals surface area contributed by atoms with E-state index in [1.165, 1.54) is 11.8 Å². The fourth-order valence-corrected chi connectivity index (χ4v) is 2.95. The van der Waals surface area contributed by atoms with Crippen molar-refractivity contribution in [2.45, 2.75) is 37.0 Å². The lowest BCUT2D eigenvalue weighted by molar-refractivity contribution is -0.122. The summed E-state index contributed by atoms with van der Waals surface area (Å²) in [7, 11) is 0. The Bertz CT molecular complexity index is 618. The minimum Gasteiger partial charge on any atom is -0.355 e. The SMILES string of the molecule is CCNC(=O)[C@H](C)NC(=O)c1ccc2c(c1)NC(=O)[C@@H](C)S2. The summed E-state index contributed by atoms with van der Waals surface area (Å²) in [6, 6.07) is 4.51. The zero-order valence-electron chi connectivity index (χ0n) is 12.7. The summed E-state index contributed by atoms with van der Waals surface area (Å²) in [4.78, 5) is 36.4. The minimum absolute atomic E-state index is 0.0780. The summed E-state index contributed by atoms with van der Waals surface area (Å²) in [6.07, 6.45) is 0. The Labute approximate surface area is 133 Å². The topological polar surface area (TPSA) is 87.3 Å². The molecule has 22 heavy (non-hydrogen) atoms. The van der Waals surface area contributed by atoms with Gasteiger partial charge < -0.3 is 16.0 Å². The molecule has 7 heteroatoms. The number of benzene rings is 1. The number of hydrogen-bond donors (Lipinski definition) is 3. The zero-order chi connectivity index (χ0) is 16.3. The third-order valence-electron chi connectivity index (χ3n) is 3.26. The van der Waals surface area contributed by atoms with E-state index < -0.39 is 6.04 Å². The van der Waals surface area contributed by atoms with Crippen molar-refractivity contribution in [1.82, 2.24) is 10.6 Å². The first-order valence-electron chi connectivity index (χ1n) is 7.12. The van der Waals surface area contributed by atoms with E-state index in [1.807, 2.05) is 19.9 Å². The number of hydrogen-bond acceptors (Lipinski definition) is 4. The number of carbonyl (C=O) groups is 3. The summed E-state index contributed by atoms with van der Waals surface area (Å²) in [6.45, 7) is 5.79. The molecule has 0 bridgehead atoms. The Kier molecular flexibility index (Phi) is 5.07. The maximum Gasteiger partial charge on any atom is 0.251 e. The van der Waals surface area contributed by atoms with Gasteiger partial charge >= 0.3 is 0 Å². The molecule has 1 aromatic rings. The monoisotopic (exact) mass is 321 g/mol. The van der Waals surface area contributed by atoms with Gasteiger partial charge in [-0.1, -0.05) is 0 Å². The van der Waals surface area contributed by atoms with Gasteiger partial charge in [-0.05, 0) is 39.0 Å². The average molecular weight is 321 g/mol. The molecule has 1 aliphatic rings. The van der Waals surface area contributed by atoms with E-state index in [4.69, 9.17) is 0 Å². The predicted octanol–water partition coefficient (Wildman–Crippen LogP) is 1.37. The van der Waals surface area contributed by atoms with E-state index >= 15 is 0 Å². The van der Waals surface area contributed by atoms with Gasteiger partial charge in [-0.15, -0.1) is 11.8 Å². The number of likely N-dealkylation sites (N-methyl/N-ethyl adjacent to an activating group) is 1. The molecule has 0 saturated carbocycles. The Hall–Kier alpha value is -2.02. The van der Waals surface area contributed by atoms with Crippen molar-refractivity contribution < 1.29 is 14.4 Å². The highest BCUT2D eigenvalue weighted by molar-refractivity contribution is 8.00. The molecule has 0 spiro atoms. The van der Waals surface area contributed by atoms with E-state index in [1.54, 1.807) is 19.1 Å². The van der Waals surface area contributed by atoms with E-state index in [9.17, 15) is 14.4 Å². The fraction of sp³-hybridized carbons (Fsp3) is 0.400. The van der Waals surface area contributed by atoms with Crippen LogP contribution in [0.15, 0.2) is 23.1 Å². The van der Waals surface area contributed by atoms with Crippen LogP contribution in [0.1, 0.15) is 31.1 Å². The van der Waals surface area contributed by atoms with Gasteiger partial charge in [-0.2, -0.15) is 0 Å². The van der Waals surface area contributed by atoms with Crippen molar-refractivity contribution in [2.75, 3.05) is 11.9 Å². The second-order valence-corrected chi connectivity index (χ2v) is 6.43. The van der Waals surface area contributed by atoms with Crippen LogP contribution in [-0.4, -0.2) is 35.6 Å². The van der Waals surface area contributed by atoms with Gasteiger partial charge in [0.05, 0.1) is 10.9 Å². The molecule has 0 aliphatic carbocycles. The molecule has 118 valence electrons. The predicted molar refractivity (Wildman–Crippen MR) is 86.0 cm³/mol. The van der Waals surface area contributed by atoms with Crippen LogP contribution in [0.3, 0.4) is 0 Å². The van der Waals surface area contributed by atoms with Crippen LogP contribution in [0.4, 0.5) is 5.69 Å². The average Bonchev–Trinajstić information content (AvgIpc) is 2.48. The number of fused-ring (bicyclic) bond motifs is 1. The summed E-state index contributed by atoms with van der Waals surface area (Å²) >= 11 is 1.46. The van der Waals surface area contributed by atoms with Crippen LogP contribution in [0.5, 0.6) is 0 Å². The van der Waals surface area contributed by atoms with Crippen LogP contribution in [0.2, 0.25) is 0 Å². The maximum atomic E-state index is 12.2. The lowest BCUT2D eigenvalue weighted by atomic mass is 10.1. The van der Waals surface area contributed by atoms with E-state index in [0.29, 0.717) is 17.8 Å². The maximum absolute atomic E-state index is 12.2. The van der Waals surface area contributed by atoms with Gasteiger partial charge in [0, 0.05) is 17.0 Å². The number of rotatable bonds is 4. The van der Waals surface area contributed by atoms with Crippen molar-refractivity contribution in [3.05, 3.63) is 23.8 Å². The Morgan fingerprint density at radius 1 is 1.41 bits per heavy atom. The highest BCUT2D eigenvalue weighted by atomic mass is 32.2. The molecule has 0 unspecified atom stereocenters. The molecule has 3 amide bonds. The molecule has 0 saturated heterocycles. The van der Waals surface area contributed by atoms with Gasteiger partial charge in [0.1, 0.15) is 6.04 Å². The molecule has 1 aliphatic heterocycles. The molecule has 6 nitrogen and oxygen atoms in total. The highest BCUT2D eigenvalue weighted by Crippen LogP contribution is 2.35. The Morgan fingerprint density at radius 2 is 2.14 bits per heavy atom. The van der Waals surface area contributed by atoms with Gasteiger partial charge in [0.2, 0.25) is 11.8 Å². The first kappa shape index (κ1) is 16.4. The zero-order valence-corrected chi connectivity index (χ0v) is 13.5. The number of amides is 3. The van der Waals surface area contributed by atoms with E-state index in [-0.39, 0.29) is 23.0 Å². The van der Waals surface area contributed by atoms with Gasteiger partial charge in [0.15, 0.2) is 0 Å². The molecule has 2 atom stereocenters. The highest BCUT2D eigenvalue weighted by Gasteiger charge is 2.24. The second-order valence-electron chi connectivity index (χ2n) is 5.05. The van der Waals surface area contributed by atoms with Crippen molar-refractivity contribution in [3.8, 4) is 0 Å². The fourth-order valence-electron chi connectivity index (χ4n) is 2.02. The van der Waals surface area contributed by atoms with Gasteiger partial charge in [-0.25, -0.2) is 0 Å². The third kappa shape index (κ3) is 3.59. The van der Waals surface area contributed by atoms with Crippen molar-refractivity contribution >= 4 is 35.2 Å². The molecule has 0 fully saturated rings. The van der Waals surface area contributed by atoms with Crippen LogP contribution in [0, 0.1) is 0 Å². The smallest absolute Gasteiger partial charge is 0.251 e. The molecular weight excluding hydrogens is 302 g/mol. The summed E-state index contributed by atoms with van der Waals surface area (Å²) in [5, 5.41) is 7.92. The van der Waals surface area contributed by atoms with Crippen LogP contribution in [-0.2, 0) is 9.59 Å². The normalized spacial score (nSPS) is 18.0. The molecule has 0 radical (unpaired) electrons. The summed E-state index contributed by atoms with van der Waals surface area (Å²) in [5.41, 5.74) is 1.04. The van der Waals surface area contributed by atoms with Crippen LogP contribution >= 0.6 is 11.8 Å². The standard InChI is InChI=1S/C15H19N3O3S/c1-4-16-13(19)8(2)17-15(21)10-5-6-12-11(7-10)18-14(20)9(3)22-12/h5-9H,4H2,1-3H3,(H,16,19)(H,17,21)(H,18,20)/t8-,9+/m0/s1. The van der Waals surface area contributed by atoms with E-state index in [0.717, 1.165) is 4.90 Å². The molecule has 3 N–H and O–H groups in total. The minimum atomic E-state index is -0.618. The number of carbonyl (C=O) groups excluding carboxylic acids is 3. The molecule has 1 aromatic carbocycles. The Morgan fingerprint density at radius 3 is 2.82 bits per heavy atom. The summed E-state index contributed by atoms with van der Waals surface area (Å²) in [5.74, 6) is -0.656. The van der Waals surface area contributed by atoms with E-state index in [2.05, 4.69) is 16.0 Å². The van der Waals surface area contributed by atoms with Gasteiger partial charge in [0.25, 0.3) is 5.91 Å². The third-order valence-corrected chi connectivity index (χ3v) is 4.44. The number of nitrogens with one attached hydrogen (secondary N) is 3. The number of anilines is 1. The van der Waals surface area contributed by atoms with Crippen LogP contribution < -0.4 is 16.0 Å². The van der Waals surface area contributed by atoms with Gasteiger partial charge in [-0.3, -0.25) is 14.4 Å². The largest absolute Gasteiger partial charge is 0.355 e. The lowest BCUT2D eigenvalue weighted by Crippen LogP contribution is -2.44. The van der Waals surface area contributed by atoms with Crippen molar-refractivity contribution in [3.63, 3.8) is 0 Å². The lowest BCUT2D eigenvalue weighted by Gasteiger charge is -2.22. The second kappa shape index (κ2) is 6.83. The molecule has 2 rings (SSSR count). The molecule has 0 aromatic heterocycles. The summed E-state index contributed by atoms with van der Waals surface area (Å²) < 4.78 is 0. The van der Waals surface area contributed by atoms with Crippen molar-refractivity contribution in [1.29, 1.82) is 0 Å². The first-order chi connectivity index (χ1) is 10.4. The molecule has 1 heterocycles. The van der Waals surface area contributed by atoms with Crippen molar-refractivity contribution in [2.24, 2.45) is 0 Å². The Balaban J connectivity index is 2.10.